The lowest BCUT2D eigenvalue weighted by Crippen LogP contribution is -2.53. The predicted octanol–water partition coefficient (Wildman–Crippen LogP) is 5.92. The lowest BCUT2D eigenvalue weighted by Gasteiger charge is -2.38. The fraction of sp³-hybridized carbons (Fsp3) is 0.361. The van der Waals surface area contributed by atoms with Crippen molar-refractivity contribution in [1.29, 1.82) is 0 Å². The number of furan rings is 1. The Morgan fingerprint density at radius 1 is 1.17 bits per heavy atom. The Labute approximate surface area is 314 Å². The van der Waals surface area contributed by atoms with E-state index in [0.717, 1.165) is 11.2 Å². The minimum Gasteiger partial charge on any atom is -0.507 e. The van der Waals surface area contributed by atoms with Crippen molar-refractivity contribution in [3.8, 4) is 28.8 Å². The molecule has 6 rings (SSSR count). The molecule has 0 fully saturated rings. The standard InChI is InChI=1S/C36H36ClN3O11S2/c1-18-15-23(41)28(32(43)36(18)33(44)29-25(47-2)17-26(48-3)30(37)31(29)50-36)21(19-8-10-20(52-4)11-9-19)16-27(42)38-22(12-14-53(5,45)46)35-39-34(40-51-35)24-7-6-13-49-24/h6-11,13,17-18,21-22,43H,12,14-16H2,1-5H3,(H,38,42)/t18-,21?,22?,36+/m1/s1. The van der Waals surface area contributed by atoms with Crippen LogP contribution in [0.1, 0.15) is 60.0 Å². The topological polar surface area (TPSA) is 197 Å². The predicted molar refractivity (Wildman–Crippen MR) is 193 cm³/mol. The van der Waals surface area contributed by atoms with Crippen molar-refractivity contribution in [1.82, 2.24) is 15.5 Å². The smallest absolute Gasteiger partial charge is 0.249 e. The number of ketones is 2. The third kappa shape index (κ3) is 7.14. The zero-order valence-electron chi connectivity index (χ0n) is 29.3. The summed E-state index contributed by atoms with van der Waals surface area (Å²) in [6.45, 7) is 1.61. The van der Waals surface area contributed by atoms with E-state index in [0.29, 0.717) is 11.3 Å². The van der Waals surface area contributed by atoms with Crippen molar-refractivity contribution in [3.05, 3.63) is 82.1 Å². The van der Waals surface area contributed by atoms with Crippen LogP contribution in [0.25, 0.3) is 11.6 Å². The molecule has 2 aliphatic rings. The van der Waals surface area contributed by atoms with Gasteiger partial charge in [-0.25, -0.2) is 8.42 Å². The molecular formula is C36H36ClN3O11S2. The van der Waals surface area contributed by atoms with E-state index >= 15 is 0 Å². The number of thioether (sulfide) groups is 1. The van der Waals surface area contributed by atoms with Crippen molar-refractivity contribution in [2.75, 3.05) is 32.5 Å². The average molecular weight is 786 g/mol. The van der Waals surface area contributed by atoms with Gasteiger partial charge in [0, 0.05) is 47.5 Å². The monoisotopic (exact) mass is 785 g/mol. The lowest BCUT2D eigenvalue weighted by molar-refractivity contribution is -0.122. The highest BCUT2D eigenvalue weighted by Gasteiger charge is 2.61. The number of aromatic nitrogens is 2. The van der Waals surface area contributed by atoms with E-state index in [1.807, 2.05) is 18.4 Å². The molecule has 2 unspecified atom stereocenters. The van der Waals surface area contributed by atoms with Gasteiger partial charge in [0.2, 0.25) is 29.0 Å². The number of hydrogen-bond acceptors (Lipinski definition) is 14. The number of methoxy groups -OCH3 is 2. The highest BCUT2D eigenvalue weighted by molar-refractivity contribution is 7.98. The van der Waals surface area contributed by atoms with E-state index in [-0.39, 0.29) is 63.7 Å². The number of allylic oxidation sites excluding steroid dienone is 1. The Bertz CT molecular complexity index is 2200. The number of sulfone groups is 1. The number of nitrogens with one attached hydrogen (secondary N) is 1. The van der Waals surface area contributed by atoms with Crippen molar-refractivity contribution >= 4 is 50.7 Å². The molecule has 2 aromatic carbocycles. The van der Waals surface area contributed by atoms with Crippen LogP contribution in [0.15, 0.2) is 73.9 Å². The van der Waals surface area contributed by atoms with E-state index in [4.69, 9.17) is 34.8 Å². The number of ether oxygens (including phenoxy) is 3. The summed E-state index contributed by atoms with van der Waals surface area (Å²) < 4.78 is 52.3. The second-order valence-corrected chi connectivity index (χ2v) is 16.3. The van der Waals surface area contributed by atoms with Crippen molar-refractivity contribution in [2.45, 2.75) is 48.6 Å². The van der Waals surface area contributed by atoms with E-state index in [2.05, 4.69) is 15.5 Å². The van der Waals surface area contributed by atoms with Crippen LogP contribution >= 0.6 is 23.4 Å². The number of fused-ring (bicyclic) bond motifs is 1. The number of rotatable bonds is 13. The maximum atomic E-state index is 14.4. The molecule has 280 valence electrons. The third-order valence-electron chi connectivity index (χ3n) is 9.36. The molecule has 0 radical (unpaired) electrons. The number of aliphatic hydroxyl groups excluding tert-OH is 1. The first-order chi connectivity index (χ1) is 25.2. The Morgan fingerprint density at radius 2 is 1.89 bits per heavy atom. The normalized spacial score (nSPS) is 19.5. The molecule has 1 amide bonds. The number of halogens is 1. The average Bonchev–Trinajstić information content (AvgIpc) is 3.90. The number of Topliss-reactive ketones (excluding diaryl/α,β-unsaturated/α-hetero) is 2. The van der Waals surface area contributed by atoms with Crippen molar-refractivity contribution in [3.63, 3.8) is 0 Å². The molecule has 0 saturated heterocycles. The summed E-state index contributed by atoms with van der Waals surface area (Å²) in [6.07, 6.45) is 3.63. The van der Waals surface area contributed by atoms with Gasteiger partial charge in [-0.3, -0.25) is 14.4 Å². The molecule has 1 aliphatic carbocycles. The molecular weight excluding hydrogens is 750 g/mol. The van der Waals surface area contributed by atoms with E-state index in [9.17, 15) is 27.9 Å². The van der Waals surface area contributed by atoms with Gasteiger partial charge < -0.3 is 33.6 Å². The van der Waals surface area contributed by atoms with E-state index in [1.54, 1.807) is 31.2 Å². The second-order valence-electron chi connectivity index (χ2n) is 12.8. The highest BCUT2D eigenvalue weighted by Crippen LogP contribution is 2.55. The number of benzene rings is 2. The number of hydrogen-bond donors (Lipinski definition) is 2. The van der Waals surface area contributed by atoms with Crippen LogP contribution in [0.5, 0.6) is 17.2 Å². The van der Waals surface area contributed by atoms with Gasteiger partial charge in [0.05, 0.1) is 26.2 Å². The molecule has 1 spiro atoms. The number of amides is 1. The minimum atomic E-state index is -3.48. The van der Waals surface area contributed by atoms with Crippen LogP contribution in [0.2, 0.25) is 5.02 Å². The van der Waals surface area contributed by atoms with Crippen LogP contribution in [0.4, 0.5) is 0 Å². The van der Waals surface area contributed by atoms with Gasteiger partial charge >= 0.3 is 0 Å². The molecule has 2 N–H and O–H groups in total. The molecule has 17 heteroatoms. The van der Waals surface area contributed by atoms with Gasteiger partial charge in [0.1, 0.15) is 38.0 Å². The first-order valence-electron chi connectivity index (χ1n) is 16.4. The summed E-state index contributed by atoms with van der Waals surface area (Å²) >= 11 is 8.10. The Kier molecular flexibility index (Phi) is 10.7. The third-order valence-corrected chi connectivity index (χ3v) is 11.4. The van der Waals surface area contributed by atoms with Gasteiger partial charge in [-0.05, 0) is 42.5 Å². The molecule has 4 atom stereocenters. The summed E-state index contributed by atoms with van der Waals surface area (Å²) in [5, 5.41) is 18.9. The van der Waals surface area contributed by atoms with Crippen LogP contribution in [0, 0.1) is 5.92 Å². The lowest BCUT2D eigenvalue weighted by atomic mass is 9.69. The summed E-state index contributed by atoms with van der Waals surface area (Å²) in [5.74, 6) is -4.22. The SMILES string of the molecule is COc1cc(OC)c2c(c1Cl)O[C@]1(C2=O)C(O)=C(C(CC(=O)NC(CCS(C)(=O)=O)c2nc(-c3ccco3)no2)c2ccc(SC)cc2)C(=O)C[C@H]1C. The second kappa shape index (κ2) is 14.9. The van der Waals surface area contributed by atoms with Crippen LogP contribution in [-0.4, -0.2) is 79.2 Å². The molecule has 14 nitrogen and oxygen atoms in total. The van der Waals surface area contributed by atoms with Gasteiger partial charge in [0.25, 0.3) is 0 Å². The summed E-state index contributed by atoms with van der Waals surface area (Å²) in [7, 11) is -0.736. The minimum absolute atomic E-state index is 0.0214. The molecule has 0 bridgehead atoms. The number of aliphatic hydroxyl groups is 1. The van der Waals surface area contributed by atoms with Crippen molar-refractivity contribution in [2.24, 2.45) is 5.92 Å². The maximum Gasteiger partial charge on any atom is 0.249 e. The number of nitrogens with zero attached hydrogens (tertiary/aromatic N) is 2. The Balaban J connectivity index is 1.41. The summed E-state index contributed by atoms with van der Waals surface area (Å²) in [6, 6.07) is 10.7. The van der Waals surface area contributed by atoms with Crippen molar-refractivity contribution < 1.29 is 51.1 Å². The number of carbonyl (C=O) groups is 3. The van der Waals surface area contributed by atoms with Crippen LogP contribution < -0.4 is 19.5 Å². The maximum absolute atomic E-state index is 14.4. The van der Waals surface area contributed by atoms with Gasteiger partial charge in [-0.1, -0.05) is 35.8 Å². The highest BCUT2D eigenvalue weighted by atomic mass is 35.5. The summed E-state index contributed by atoms with van der Waals surface area (Å²) in [5.41, 5.74) is -1.80. The summed E-state index contributed by atoms with van der Waals surface area (Å²) in [4.78, 5) is 47.7. The van der Waals surface area contributed by atoms with Crippen LogP contribution in [-0.2, 0) is 19.4 Å². The molecule has 53 heavy (non-hydrogen) atoms. The molecule has 2 aromatic heterocycles. The first kappa shape index (κ1) is 37.9. The Morgan fingerprint density at radius 3 is 2.51 bits per heavy atom. The van der Waals surface area contributed by atoms with Crippen LogP contribution in [0.3, 0.4) is 0 Å². The zero-order valence-corrected chi connectivity index (χ0v) is 31.7. The fourth-order valence-electron chi connectivity index (χ4n) is 6.67. The molecule has 3 heterocycles. The van der Waals surface area contributed by atoms with E-state index in [1.165, 1.54) is 38.3 Å². The molecule has 4 aromatic rings. The molecule has 1 aliphatic heterocycles. The first-order valence-corrected chi connectivity index (χ1v) is 20.0. The van der Waals surface area contributed by atoms with Gasteiger partial charge in [-0.15, -0.1) is 11.8 Å². The van der Waals surface area contributed by atoms with E-state index < -0.39 is 63.0 Å². The zero-order chi connectivity index (χ0) is 38.2. The largest absolute Gasteiger partial charge is 0.507 e. The van der Waals surface area contributed by atoms with Gasteiger partial charge in [-0.2, -0.15) is 4.98 Å². The fourth-order valence-corrected chi connectivity index (χ4v) is 8.01. The quantitative estimate of drug-likeness (QED) is 0.151. The molecule has 0 saturated carbocycles. The van der Waals surface area contributed by atoms with Gasteiger partial charge in [0.15, 0.2) is 23.1 Å². The Hall–Kier alpha value is -4.80. The number of carbonyl (C=O) groups excluding carboxylic acids is 3.